The van der Waals surface area contributed by atoms with Crippen LogP contribution in [0, 0.1) is 12.8 Å². The number of aromatic nitrogens is 2. The Morgan fingerprint density at radius 3 is 2.71 bits per heavy atom. The summed E-state index contributed by atoms with van der Waals surface area (Å²) in [7, 11) is 0. The van der Waals surface area contributed by atoms with Crippen molar-refractivity contribution in [1.82, 2.24) is 9.97 Å². The fraction of sp³-hybridized carbons (Fsp3) is 0.381. The standard InChI is InChI=1S/C21H23N3O4/c1-12-3-2-4-15(22-12)20(27)23-16-10-19-17(9-18(16)26)24-21(28-19)14-7-5-13(11-25)6-8-14/h2-4,9-10,13-14,25-26H,5-8,11H2,1H3,(H,23,27). The van der Waals surface area contributed by atoms with Crippen molar-refractivity contribution in [3.63, 3.8) is 0 Å². The molecule has 3 aromatic rings. The lowest BCUT2D eigenvalue weighted by Crippen LogP contribution is -2.16. The van der Waals surface area contributed by atoms with E-state index in [1.807, 2.05) is 13.0 Å². The highest BCUT2D eigenvalue weighted by atomic mass is 16.3. The number of aryl methyl sites for hydroxylation is 1. The van der Waals surface area contributed by atoms with Crippen molar-refractivity contribution in [2.45, 2.75) is 38.5 Å². The number of carbonyl (C=O) groups excluding carboxylic acids is 1. The van der Waals surface area contributed by atoms with E-state index in [0.29, 0.717) is 22.9 Å². The van der Waals surface area contributed by atoms with Gasteiger partial charge in [-0.2, -0.15) is 0 Å². The third-order valence-electron chi connectivity index (χ3n) is 5.35. The van der Waals surface area contributed by atoms with E-state index in [-0.39, 0.29) is 29.7 Å². The smallest absolute Gasteiger partial charge is 0.274 e. The molecular formula is C21H23N3O4. The second-order valence-corrected chi connectivity index (χ2v) is 7.41. The number of aliphatic hydroxyl groups excluding tert-OH is 1. The van der Waals surface area contributed by atoms with E-state index in [9.17, 15) is 15.0 Å². The number of nitrogens with one attached hydrogen (secondary N) is 1. The number of carbonyl (C=O) groups is 1. The van der Waals surface area contributed by atoms with Crippen LogP contribution in [0.2, 0.25) is 0 Å². The van der Waals surface area contributed by atoms with Crippen LogP contribution in [0.1, 0.15) is 53.7 Å². The van der Waals surface area contributed by atoms with E-state index < -0.39 is 5.91 Å². The van der Waals surface area contributed by atoms with E-state index in [2.05, 4.69) is 15.3 Å². The van der Waals surface area contributed by atoms with Crippen LogP contribution >= 0.6 is 0 Å². The number of aromatic hydroxyl groups is 1. The highest BCUT2D eigenvalue weighted by Crippen LogP contribution is 2.38. The number of benzene rings is 1. The number of oxazole rings is 1. The van der Waals surface area contributed by atoms with Gasteiger partial charge in [0.15, 0.2) is 11.5 Å². The first-order chi connectivity index (χ1) is 13.5. The maximum absolute atomic E-state index is 12.4. The molecule has 0 aliphatic heterocycles. The Balaban J connectivity index is 1.55. The summed E-state index contributed by atoms with van der Waals surface area (Å²) in [6.45, 7) is 2.04. The number of rotatable bonds is 4. The van der Waals surface area contributed by atoms with Crippen LogP contribution in [0.25, 0.3) is 11.1 Å². The van der Waals surface area contributed by atoms with Crippen molar-refractivity contribution in [3.8, 4) is 5.75 Å². The fourth-order valence-corrected chi connectivity index (χ4v) is 3.70. The first-order valence-electron chi connectivity index (χ1n) is 9.53. The SMILES string of the molecule is Cc1cccc(C(=O)Nc2cc3oc(C4CCC(CO)CC4)nc3cc2O)n1. The molecule has 1 saturated carbocycles. The van der Waals surface area contributed by atoms with E-state index in [4.69, 9.17) is 4.42 Å². The van der Waals surface area contributed by atoms with E-state index in [1.54, 1.807) is 18.2 Å². The van der Waals surface area contributed by atoms with Crippen LogP contribution in [0.4, 0.5) is 5.69 Å². The summed E-state index contributed by atoms with van der Waals surface area (Å²) in [6.07, 6.45) is 3.76. The van der Waals surface area contributed by atoms with Crippen molar-refractivity contribution >= 4 is 22.7 Å². The normalized spacial score (nSPS) is 19.6. The Hall–Kier alpha value is -2.93. The number of phenols is 1. The molecule has 0 saturated heterocycles. The molecule has 7 nitrogen and oxygen atoms in total. The Bertz CT molecular complexity index is 1010. The van der Waals surface area contributed by atoms with Crippen molar-refractivity contribution in [1.29, 1.82) is 0 Å². The Morgan fingerprint density at radius 2 is 2.00 bits per heavy atom. The molecule has 1 amide bonds. The predicted octanol–water partition coefficient (Wildman–Crippen LogP) is 3.76. The summed E-state index contributed by atoms with van der Waals surface area (Å²) in [5.41, 5.74) is 2.35. The minimum absolute atomic E-state index is 0.0719. The molecule has 1 aliphatic rings. The Kier molecular flexibility index (Phi) is 5.00. The Morgan fingerprint density at radius 1 is 1.21 bits per heavy atom. The Labute approximate surface area is 162 Å². The molecule has 1 aliphatic carbocycles. The average molecular weight is 381 g/mol. The van der Waals surface area contributed by atoms with Gasteiger partial charge in [0.25, 0.3) is 5.91 Å². The largest absolute Gasteiger partial charge is 0.506 e. The van der Waals surface area contributed by atoms with Crippen molar-refractivity contribution in [2.75, 3.05) is 11.9 Å². The van der Waals surface area contributed by atoms with Gasteiger partial charge in [0, 0.05) is 30.4 Å². The van der Waals surface area contributed by atoms with Crippen LogP contribution < -0.4 is 5.32 Å². The number of hydrogen-bond acceptors (Lipinski definition) is 6. The minimum atomic E-state index is -0.402. The molecule has 0 spiro atoms. The number of nitrogens with zero attached hydrogens (tertiary/aromatic N) is 2. The second kappa shape index (κ2) is 7.59. The number of fused-ring (bicyclic) bond motifs is 1. The van der Waals surface area contributed by atoms with Crippen LogP contribution in [0.15, 0.2) is 34.7 Å². The first-order valence-corrected chi connectivity index (χ1v) is 9.53. The molecule has 4 rings (SSSR count). The molecule has 28 heavy (non-hydrogen) atoms. The van der Waals surface area contributed by atoms with Gasteiger partial charge in [-0.1, -0.05) is 6.07 Å². The molecule has 1 fully saturated rings. The van der Waals surface area contributed by atoms with Gasteiger partial charge in [0.2, 0.25) is 0 Å². The van der Waals surface area contributed by atoms with Crippen LogP contribution in [0.3, 0.4) is 0 Å². The van der Waals surface area contributed by atoms with Gasteiger partial charge in [-0.3, -0.25) is 4.79 Å². The molecule has 0 atom stereocenters. The van der Waals surface area contributed by atoms with Gasteiger partial charge in [0.05, 0.1) is 5.69 Å². The third kappa shape index (κ3) is 3.71. The molecule has 2 heterocycles. The van der Waals surface area contributed by atoms with Gasteiger partial charge in [-0.15, -0.1) is 0 Å². The molecule has 0 radical (unpaired) electrons. The average Bonchev–Trinajstić information content (AvgIpc) is 3.11. The van der Waals surface area contributed by atoms with E-state index >= 15 is 0 Å². The van der Waals surface area contributed by atoms with Crippen LogP contribution in [0.5, 0.6) is 5.75 Å². The van der Waals surface area contributed by atoms with Gasteiger partial charge >= 0.3 is 0 Å². The topological polar surface area (TPSA) is 108 Å². The van der Waals surface area contributed by atoms with Crippen molar-refractivity contribution in [3.05, 3.63) is 47.6 Å². The quantitative estimate of drug-likeness (QED) is 0.594. The van der Waals surface area contributed by atoms with Crippen molar-refractivity contribution < 1.29 is 19.4 Å². The van der Waals surface area contributed by atoms with E-state index in [0.717, 1.165) is 31.4 Å². The minimum Gasteiger partial charge on any atom is -0.506 e. The number of amides is 1. The number of pyridine rings is 1. The van der Waals surface area contributed by atoms with E-state index in [1.165, 1.54) is 6.07 Å². The van der Waals surface area contributed by atoms with Crippen LogP contribution in [-0.4, -0.2) is 32.7 Å². The van der Waals surface area contributed by atoms with Gasteiger partial charge in [-0.25, -0.2) is 9.97 Å². The van der Waals surface area contributed by atoms with Gasteiger partial charge in [-0.05, 0) is 50.7 Å². The summed E-state index contributed by atoms with van der Waals surface area (Å²) in [6, 6.07) is 8.28. The fourth-order valence-electron chi connectivity index (χ4n) is 3.70. The molecule has 0 bridgehead atoms. The first kappa shape index (κ1) is 18.4. The van der Waals surface area contributed by atoms with Crippen LogP contribution in [-0.2, 0) is 0 Å². The lowest BCUT2D eigenvalue weighted by molar-refractivity contribution is 0.102. The monoisotopic (exact) mass is 381 g/mol. The molecular weight excluding hydrogens is 358 g/mol. The molecule has 0 unspecified atom stereocenters. The van der Waals surface area contributed by atoms with Crippen molar-refractivity contribution in [2.24, 2.45) is 5.92 Å². The highest BCUT2D eigenvalue weighted by molar-refractivity contribution is 6.04. The summed E-state index contributed by atoms with van der Waals surface area (Å²) >= 11 is 0. The summed E-state index contributed by atoms with van der Waals surface area (Å²) in [4.78, 5) is 21.1. The summed E-state index contributed by atoms with van der Waals surface area (Å²) < 4.78 is 5.93. The zero-order valence-electron chi connectivity index (χ0n) is 15.7. The number of phenolic OH excluding ortho intramolecular Hbond substituents is 1. The molecule has 1 aromatic carbocycles. The highest BCUT2D eigenvalue weighted by Gasteiger charge is 2.26. The molecule has 7 heteroatoms. The van der Waals surface area contributed by atoms with Gasteiger partial charge in [0.1, 0.15) is 17.0 Å². The zero-order valence-corrected chi connectivity index (χ0v) is 15.7. The lowest BCUT2D eigenvalue weighted by atomic mass is 9.82. The number of hydrogen-bond donors (Lipinski definition) is 3. The maximum atomic E-state index is 12.4. The number of anilines is 1. The number of aliphatic hydroxyl groups is 1. The second-order valence-electron chi connectivity index (χ2n) is 7.41. The predicted molar refractivity (Wildman–Crippen MR) is 104 cm³/mol. The summed E-state index contributed by atoms with van der Waals surface area (Å²) in [5.74, 6) is 0.751. The maximum Gasteiger partial charge on any atom is 0.274 e. The lowest BCUT2D eigenvalue weighted by Gasteiger charge is -2.24. The summed E-state index contributed by atoms with van der Waals surface area (Å²) in [5, 5.41) is 22.3. The molecule has 2 aromatic heterocycles. The zero-order chi connectivity index (χ0) is 19.7. The third-order valence-corrected chi connectivity index (χ3v) is 5.35. The molecule has 3 N–H and O–H groups in total. The van der Waals surface area contributed by atoms with Gasteiger partial charge < -0.3 is 19.9 Å². The molecule has 146 valence electrons.